The van der Waals surface area contributed by atoms with Gasteiger partial charge in [0.25, 0.3) is 5.56 Å². The first-order valence-corrected chi connectivity index (χ1v) is 9.56. The Morgan fingerprint density at radius 3 is 2.89 bits per heavy atom. The number of hydrogen-bond acceptors (Lipinski definition) is 3. The van der Waals surface area contributed by atoms with Gasteiger partial charge in [0.2, 0.25) is 5.91 Å². The number of halogens is 1. The highest BCUT2D eigenvalue weighted by Crippen LogP contribution is 2.22. The molecule has 1 aliphatic heterocycles. The van der Waals surface area contributed by atoms with E-state index in [4.69, 9.17) is 16.6 Å². The Hall–Kier alpha value is -2.60. The molecule has 0 radical (unpaired) electrons. The summed E-state index contributed by atoms with van der Waals surface area (Å²) in [6, 6.07) is 8.96. The lowest BCUT2D eigenvalue weighted by atomic mass is 10.2. The molecule has 1 aliphatic rings. The molecular formula is C20H21ClN4O2. The maximum absolute atomic E-state index is 13.1. The molecule has 0 fully saturated rings. The number of nitrogens with one attached hydrogen (secondary N) is 1. The average molecular weight is 385 g/mol. The van der Waals surface area contributed by atoms with Gasteiger partial charge in [-0.05, 0) is 38.0 Å². The summed E-state index contributed by atoms with van der Waals surface area (Å²) in [4.78, 5) is 30.4. The summed E-state index contributed by atoms with van der Waals surface area (Å²) in [6.45, 7) is 2.61. The first-order valence-electron chi connectivity index (χ1n) is 9.18. The van der Waals surface area contributed by atoms with E-state index in [1.165, 1.54) is 0 Å². The normalized spacial score (nSPS) is 14.0. The van der Waals surface area contributed by atoms with Crippen LogP contribution in [0.1, 0.15) is 30.8 Å². The minimum absolute atomic E-state index is 0.0385. The van der Waals surface area contributed by atoms with E-state index < -0.39 is 0 Å². The zero-order chi connectivity index (χ0) is 19.0. The summed E-state index contributed by atoms with van der Waals surface area (Å²) < 4.78 is 3.52. The van der Waals surface area contributed by atoms with Crippen molar-refractivity contribution in [3.63, 3.8) is 0 Å². The molecule has 3 aromatic rings. The van der Waals surface area contributed by atoms with Gasteiger partial charge in [0.15, 0.2) is 0 Å². The van der Waals surface area contributed by atoms with Crippen molar-refractivity contribution in [1.82, 2.24) is 14.1 Å². The van der Waals surface area contributed by atoms with E-state index in [2.05, 4.69) is 5.32 Å². The Kier molecular flexibility index (Phi) is 4.74. The number of nitrogens with zero attached hydrogens (tertiary/aromatic N) is 3. The smallest absolute Gasteiger partial charge is 0.278 e. The first kappa shape index (κ1) is 17.8. The molecular weight excluding hydrogens is 364 g/mol. The number of carbonyl (C=O) groups is 1. The number of aromatic nitrogens is 3. The third-order valence-corrected chi connectivity index (χ3v) is 5.35. The highest BCUT2D eigenvalue weighted by molar-refractivity contribution is 6.33. The second-order valence-corrected chi connectivity index (χ2v) is 7.34. The predicted molar refractivity (Wildman–Crippen MR) is 106 cm³/mol. The summed E-state index contributed by atoms with van der Waals surface area (Å²) >= 11 is 6.11. The fraction of sp³-hybridized carbons (Fsp3) is 0.350. The standard InChI is InChI=1S/C20H21ClN4O2/c1-13-11-16-19(20(27)24-10-6-2-3-9-17(24)22-16)25(13)12-18(26)23-15-8-5-4-7-14(15)21/h4-5,7-8,11H,2-3,6,9-10,12H2,1H3,(H,23,26). The highest BCUT2D eigenvalue weighted by Gasteiger charge is 2.19. The summed E-state index contributed by atoms with van der Waals surface area (Å²) in [5, 5.41) is 3.29. The lowest BCUT2D eigenvalue weighted by Gasteiger charge is -2.12. The van der Waals surface area contributed by atoms with Gasteiger partial charge in [0.1, 0.15) is 17.9 Å². The van der Waals surface area contributed by atoms with E-state index >= 15 is 0 Å². The van der Waals surface area contributed by atoms with Gasteiger partial charge >= 0.3 is 0 Å². The number of hydrogen-bond donors (Lipinski definition) is 1. The van der Waals surface area contributed by atoms with Gasteiger partial charge in [-0.1, -0.05) is 30.2 Å². The largest absolute Gasteiger partial charge is 0.330 e. The van der Waals surface area contributed by atoms with Crippen LogP contribution in [0.2, 0.25) is 5.02 Å². The molecule has 0 bridgehead atoms. The van der Waals surface area contributed by atoms with E-state index in [1.807, 2.05) is 19.1 Å². The number of rotatable bonds is 3. The number of carbonyl (C=O) groups excluding carboxylic acids is 1. The molecule has 3 heterocycles. The van der Waals surface area contributed by atoms with E-state index in [0.717, 1.165) is 37.2 Å². The zero-order valence-electron chi connectivity index (χ0n) is 15.2. The molecule has 0 spiro atoms. The molecule has 0 saturated carbocycles. The molecule has 7 heteroatoms. The average Bonchev–Trinajstić information content (AvgIpc) is 2.81. The monoisotopic (exact) mass is 384 g/mol. The van der Waals surface area contributed by atoms with Crippen molar-refractivity contribution in [2.24, 2.45) is 0 Å². The lowest BCUT2D eigenvalue weighted by Crippen LogP contribution is -2.28. The van der Waals surface area contributed by atoms with Gasteiger partial charge in [-0.15, -0.1) is 0 Å². The predicted octanol–water partition coefficient (Wildman–Crippen LogP) is 3.52. The van der Waals surface area contributed by atoms with E-state index in [-0.39, 0.29) is 18.0 Å². The fourth-order valence-electron chi connectivity index (χ4n) is 3.66. The van der Waals surface area contributed by atoms with Crippen LogP contribution in [0.4, 0.5) is 5.69 Å². The Morgan fingerprint density at radius 2 is 2.07 bits per heavy atom. The number of anilines is 1. The molecule has 0 aliphatic carbocycles. The lowest BCUT2D eigenvalue weighted by molar-refractivity contribution is -0.116. The van der Waals surface area contributed by atoms with Crippen LogP contribution in [-0.2, 0) is 24.3 Å². The summed E-state index contributed by atoms with van der Waals surface area (Å²) in [5.41, 5.74) is 2.49. The number of para-hydroxylation sites is 1. The molecule has 1 amide bonds. The second kappa shape index (κ2) is 7.19. The minimum Gasteiger partial charge on any atom is -0.330 e. The van der Waals surface area contributed by atoms with Crippen molar-refractivity contribution < 1.29 is 4.79 Å². The number of benzene rings is 1. The van der Waals surface area contributed by atoms with Crippen molar-refractivity contribution in [3.8, 4) is 0 Å². The SMILES string of the molecule is Cc1cc2nc3n(c(=O)c2n1CC(=O)Nc1ccccc1Cl)CCCCC3. The second-order valence-electron chi connectivity index (χ2n) is 6.93. The number of aryl methyl sites for hydroxylation is 2. The molecule has 1 aromatic carbocycles. The summed E-state index contributed by atoms with van der Waals surface area (Å²) in [7, 11) is 0. The van der Waals surface area contributed by atoms with Gasteiger partial charge in [-0.25, -0.2) is 4.98 Å². The molecule has 2 aromatic heterocycles. The van der Waals surface area contributed by atoms with Gasteiger partial charge in [-0.3, -0.25) is 14.2 Å². The molecule has 0 unspecified atom stereocenters. The van der Waals surface area contributed by atoms with Gasteiger partial charge in [-0.2, -0.15) is 0 Å². The topological polar surface area (TPSA) is 68.9 Å². The number of amides is 1. The zero-order valence-corrected chi connectivity index (χ0v) is 15.9. The Bertz CT molecular complexity index is 1080. The first-order chi connectivity index (χ1) is 13.0. The van der Waals surface area contributed by atoms with Crippen molar-refractivity contribution >= 4 is 34.2 Å². The molecule has 140 valence electrons. The van der Waals surface area contributed by atoms with Crippen LogP contribution in [-0.4, -0.2) is 20.0 Å². The fourth-order valence-corrected chi connectivity index (χ4v) is 3.85. The molecule has 6 nitrogen and oxygen atoms in total. The van der Waals surface area contributed by atoms with E-state index in [9.17, 15) is 9.59 Å². The van der Waals surface area contributed by atoms with Crippen LogP contribution in [0.5, 0.6) is 0 Å². The van der Waals surface area contributed by atoms with Crippen molar-refractivity contribution in [1.29, 1.82) is 0 Å². The van der Waals surface area contributed by atoms with Crippen molar-refractivity contribution in [3.05, 3.63) is 57.2 Å². The molecule has 27 heavy (non-hydrogen) atoms. The molecule has 4 rings (SSSR count). The van der Waals surface area contributed by atoms with Crippen LogP contribution in [0.25, 0.3) is 11.0 Å². The summed E-state index contributed by atoms with van der Waals surface area (Å²) in [6.07, 6.45) is 3.96. The van der Waals surface area contributed by atoms with Crippen molar-refractivity contribution in [2.75, 3.05) is 5.32 Å². The van der Waals surface area contributed by atoms with Gasteiger partial charge in [0.05, 0.1) is 16.2 Å². The van der Waals surface area contributed by atoms with Crippen molar-refractivity contribution in [2.45, 2.75) is 45.7 Å². The summed E-state index contributed by atoms with van der Waals surface area (Å²) in [5.74, 6) is 0.616. The minimum atomic E-state index is -0.233. The van der Waals surface area contributed by atoms with Crippen LogP contribution in [0.3, 0.4) is 0 Å². The Morgan fingerprint density at radius 1 is 1.26 bits per heavy atom. The molecule has 0 atom stereocenters. The van der Waals surface area contributed by atoms with Crippen LogP contribution in [0.15, 0.2) is 35.1 Å². The Balaban J connectivity index is 1.70. The maximum Gasteiger partial charge on any atom is 0.278 e. The van der Waals surface area contributed by atoms with Crippen LogP contribution in [0, 0.1) is 6.92 Å². The van der Waals surface area contributed by atoms with Gasteiger partial charge in [0, 0.05) is 18.7 Å². The molecule has 1 N–H and O–H groups in total. The van der Waals surface area contributed by atoms with Crippen LogP contribution >= 0.6 is 11.6 Å². The van der Waals surface area contributed by atoms with E-state index in [0.29, 0.717) is 28.3 Å². The number of fused-ring (bicyclic) bond motifs is 2. The quantitative estimate of drug-likeness (QED) is 0.751. The highest BCUT2D eigenvalue weighted by atomic mass is 35.5. The molecule has 0 saturated heterocycles. The van der Waals surface area contributed by atoms with E-state index in [1.54, 1.807) is 27.3 Å². The Labute approximate surface area is 161 Å². The third-order valence-electron chi connectivity index (χ3n) is 5.02. The van der Waals surface area contributed by atoms with Crippen LogP contribution < -0.4 is 10.9 Å². The maximum atomic E-state index is 13.1. The van der Waals surface area contributed by atoms with Gasteiger partial charge < -0.3 is 9.88 Å². The third kappa shape index (κ3) is 3.37.